The third-order valence-corrected chi connectivity index (χ3v) is 19.4. The smallest absolute Gasteiger partial charge is 0.160 e. The van der Waals surface area contributed by atoms with Crippen molar-refractivity contribution in [1.82, 2.24) is 9.55 Å². The van der Waals surface area contributed by atoms with Gasteiger partial charge in [0.05, 0.1) is 28.8 Å². The standard InChI is InChI=1S/C52H70N2O5/c1-30-22-31(2)24-32(23-30)25-33-28-54(35-16-21-53-41(33)35)29-52-20-19-47(5,26-37(56)45-46(3,4)59-45)40-36(55)27-50(8,42(40)52)49(7)18-14-38-48(6,43(49)44(52)58)17-15-39(57)51(38,9)34-12-10-11-13-34/h16,21-24,28,34,37-38,43-45,53,56,58H,10-15,17-20,25-27,29H2,1-9H3/t37-,38-,43-,44+,45-,47+,48-,49+,50+,51+,52-/m1/s1. The third kappa shape index (κ3) is 5.35. The second kappa shape index (κ2) is 12.8. The summed E-state index contributed by atoms with van der Waals surface area (Å²) in [5, 5.41) is 25.7. The number of fused-ring (bicyclic) bond motifs is 5. The van der Waals surface area contributed by atoms with Gasteiger partial charge in [0, 0.05) is 60.0 Å². The van der Waals surface area contributed by atoms with Crippen LogP contribution in [0.5, 0.6) is 0 Å². The minimum Gasteiger partial charge on any atom is -0.392 e. The number of H-pyrrole nitrogens is 1. The van der Waals surface area contributed by atoms with Gasteiger partial charge in [0.25, 0.3) is 0 Å². The first-order valence-electron chi connectivity index (χ1n) is 23.3. The number of hydrogen-bond donors (Lipinski definition) is 3. The maximum Gasteiger partial charge on any atom is 0.160 e. The number of nitrogens with zero attached hydrogens (tertiary/aromatic N) is 1. The van der Waals surface area contributed by atoms with Crippen molar-refractivity contribution in [2.24, 2.45) is 50.2 Å². The van der Waals surface area contributed by atoms with Crippen LogP contribution in [-0.4, -0.2) is 55.2 Å². The normalized spacial score (nSPS) is 41.9. The quantitative estimate of drug-likeness (QED) is 0.197. The Hall–Kier alpha value is -3.00. The number of aliphatic hydroxyl groups is 2. The number of Topliss-reactive ketones (excluding diaryl/α,β-unsaturated/α-hetero) is 2. The van der Waals surface area contributed by atoms with Crippen LogP contribution in [0.2, 0.25) is 0 Å². The molecule has 4 saturated carbocycles. The van der Waals surface area contributed by atoms with Gasteiger partial charge in [-0.05, 0) is 136 Å². The predicted octanol–water partition coefficient (Wildman–Crippen LogP) is 10.1. The number of hydrogen-bond acceptors (Lipinski definition) is 5. The molecule has 59 heavy (non-hydrogen) atoms. The largest absolute Gasteiger partial charge is 0.392 e. The van der Waals surface area contributed by atoms with Crippen molar-refractivity contribution >= 4 is 22.6 Å². The lowest BCUT2D eigenvalue weighted by Crippen LogP contribution is -2.71. The molecule has 1 aliphatic heterocycles. The number of aryl methyl sites for hydroxylation is 2. The van der Waals surface area contributed by atoms with Gasteiger partial charge in [-0.1, -0.05) is 76.8 Å². The molecule has 5 fully saturated rings. The molecule has 6 aliphatic carbocycles. The summed E-state index contributed by atoms with van der Waals surface area (Å²) < 4.78 is 8.39. The highest BCUT2D eigenvalue weighted by molar-refractivity contribution is 6.02. The lowest BCUT2D eigenvalue weighted by molar-refractivity contribution is -0.245. The molecule has 7 heteroatoms. The Balaban J connectivity index is 1.14. The second-order valence-electron chi connectivity index (χ2n) is 23.1. The highest BCUT2D eigenvalue weighted by atomic mass is 16.6. The maximum absolute atomic E-state index is 15.2. The zero-order valence-electron chi connectivity index (χ0n) is 37.4. The Morgan fingerprint density at radius 2 is 1.63 bits per heavy atom. The monoisotopic (exact) mass is 803 g/mol. The van der Waals surface area contributed by atoms with Crippen molar-refractivity contribution in [3.05, 3.63) is 70.1 Å². The molecule has 318 valence electrons. The van der Waals surface area contributed by atoms with Crippen LogP contribution in [-0.2, 0) is 27.3 Å². The topological polar surface area (TPSA) is 108 Å². The van der Waals surface area contributed by atoms with Crippen LogP contribution >= 0.6 is 0 Å². The summed E-state index contributed by atoms with van der Waals surface area (Å²) in [6.45, 7) is 20.8. The second-order valence-corrected chi connectivity index (χ2v) is 23.1. The molecule has 10 rings (SSSR count). The van der Waals surface area contributed by atoms with Crippen LogP contribution in [0.15, 0.2) is 47.8 Å². The number of aromatic amines is 1. The number of nitrogens with one attached hydrogen (secondary N) is 1. The molecule has 0 bridgehead atoms. The average Bonchev–Trinajstić information content (AvgIpc) is 3.73. The van der Waals surface area contributed by atoms with Gasteiger partial charge in [0.15, 0.2) is 5.78 Å². The fraction of sp³-hybridized carbons (Fsp3) is 0.692. The van der Waals surface area contributed by atoms with E-state index in [0.29, 0.717) is 43.9 Å². The lowest BCUT2D eigenvalue weighted by Gasteiger charge is -2.73. The van der Waals surface area contributed by atoms with Crippen LogP contribution in [0, 0.1) is 64.1 Å². The predicted molar refractivity (Wildman–Crippen MR) is 232 cm³/mol. The van der Waals surface area contributed by atoms with E-state index < -0.39 is 28.5 Å². The number of allylic oxidation sites excluding steroid dienone is 1. The first kappa shape index (κ1) is 40.1. The number of carbonyl (C=O) groups excluding carboxylic acids is 2. The summed E-state index contributed by atoms with van der Waals surface area (Å²) in [5.41, 5.74) is 6.34. The molecule has 1 saturated heterocycles. The molecule has 0 spiro atoms. The molecule has 2 aromatic heterocycles. The number of epoxide rings is 1. The molecule has 3 heterocycles. The summed E-state index contributed by atoms with van der Waals surface area (Å²) in [5.74, 6) is 1.19. The van der Waals surface area contributed by atoms with Crippen LogP contribution < -0.4 is 0 Å². The number of rotatable bonds is 8. The average molecular weight is 803 g/mol. The van der Waals surface area contributed by atoms with Gasteiger partial charge in [-0.25, -0.2) is 0 Å². The van der Waals surface area contributed by atoms with E-state index in [2.05, 4.69) is 88.5 Å². The van der Waals surface area contributed by atoms with Crippen LogP contribution in [0.1, 0.15) is 148 Å². The molecule has 7 aliphatic rings. The number of aromatic nitrogens is 2. The first-order valence-corrected chi connectivity index (χ1v) is 23.3. The number of ketones is 2. The Morgan fingerprint density at radius 1 is 0.932 bits per heavy atom. The first-order chi connectivity index (χ1) is 27.7. The number of aliphatic hydroxyl groups excluding tert-OH is 2. The summed E-state index contributed by atoms with van der Waals surface area (Å²) in [6, 6.07) is 8.98. The molecule has 3 aromatic rings. The van der Waals surface area contributed by atoms with Gasteiger partial charge in [0.2, 0.25) is 0 Å². The fourth-order valence-corrected chi connectivity index (χ4v) is 16.6. The van der Waals surface area contributed by atoms with Crippen LogP contribution in [0.25, 0.3) is 11.0 Å². The maximum atomic E-state index is 15.2. The fourth-order valence-electron chi connectivity index (χ4n) is 16.6. The molecule has 0 unspecified atom stereocenters. The SMILES string of the molecule is Cc1cc(C)cc(Cc2cn(C[C@]34CC[C@@](C)(C[C@@H](O)[C@H]5OC5(C)C)C5=C3[C@](C)(CC5=O)[C@@]3(C)CC[C@@H]5[C@@](C)(CCC(=O)[C@@]5(C)C5CCCC5)[C@H]3[C@@H]4O)c3cc[nH]c23)c1. The Morgan fingerprint density at radius 3 is 2.31 bits per heavy atom. The Kier molecular flexibility index (Phi) is 8.69. The highest BCUT2D eigenvalue weighted by Gasteiger charge is 2.77. The van der Waals surface area contributed by atoms with E-state index in [0.717, 1.165) is 61.6 Å². The van der Waals surface area contributed by atoms with Gasteiger partial charge in [-0.3, -0.25) is 9.59 Å². The Bertz CT molecular complexity index is 2270. The zero-order valence-corrected chi connectivity index (χ0v) is 37.4. The lowest BCUT2D eigenvalue weighted by atomic mass is 9.31. The van der Waals surface area contributed by atoms with E-state index in [4.69, 9.17) is 4.74 Å². The van der Waals surface area contributed by atoms with Crippen LogP contribution in [0.4, 0.5) is 0 Å². The summed E-state index contributed by atoms with van der Waals surface area (Å²) >= 11 is 0. The van der Waals surface area contributed by atoms with Crippen molar-refractivity contribution in [3.63, 3.8) is 0 Å². The van der Waals surface area contributed by atoms with Crippen molar-refractivity contribution in [1.29, 1.82) is 0 Å². The number of benzene rings is 1. The summed E-state index contributed by atoms with van der Waals surface area (Å²) in [4.78, 5) is 33.1. The number of ether oxygens (including phenoxy) is 1. The zero-order chi connectivity index (χ0) is 41.9. The molecule has 1 aromatic carbocycles. The van der Waals surface area contributed by atoms with Gasteiger partial charge >= 0.3 is 0 Å². The van der Waals surface area contributed by atoms with E-state index >= 15 is 4.79 Å². The van der Waals surface area contributed by atoms with Gasteiger partial charge in [-0.15, -0.1) is 0 Å². The van der Waals surface area contributed by atoms with Crippen molar-refractivity contribution < 1.29 is 24.5 Å². The molecule has 11 atom stereocenters. The molecular formula is C52H70N2O5. The van der Waals surface area contributed by atoms with E-state index in [-0.39, 0.29) is 45.6 Å². The minimum atomic E-state index is -0.704. The molecule has 0 radical (unpaired) electrons. The van der Waals surface area contributed by atoms with E-state index in [1.165, 1.54) is 40.7 Å². The summed E-state index contributed by atoms with van der Waals surface area (Å²) in [7, 11) is 0. The molecule has 7 nitrogen and oxygen atoms in total. The molecule has 3 N–H and O–H groups in total. The van der Waals surface area contributed by atoms with E-state index in [1.807, 2.05) is 20.0 Å². The van der Waals surface area contributed by atoms with Crippen LogP contribution in [0.3, 0.4) is 0 Å². The van der Waals surface area contributed by atoms with Crippen molar-refractivity contribution in [2.75, 3.05) is 0 Å². The van der Waals surface area contributed by atoms with Gasteiger partial charge in [-0.2, -0.15) is 0 Å². The van der Waals surface area contributed by atoms with Crippen molar-refractivity contribution in [3.8, 4) is 0 Å². The number of carbonyl (C=O) groups is 2. The van der Waals surface area contributed by atoms with Crippen molar-refractivity contribution in [2.45, 2.75) is 176 Å². The summed E-state index contributed by atoms with van der Waals surface area (Å²) in [6.07, 6.45) is 13.8. The van der Waals surface area contributed by atoms with E-state index in [1.54, 1.807) is 0 Å². The van der Waals surface area contributed by atoms with E-state index in [9.17, 15) is 15.0 Å². The minimum absolute atomic E-state index is 0.0777. The highest BCUT2D eigenvalue weighted by Crippen LogP contribution is 2.80. The Labute approximate surface area is 352 Å². The van der Waals surface area contributed by atoms with Gasteiger partial charge < -0.3 is 24.5 Å². The third-order valence-electron chi connectivity index (χ3n) is 19.4. The molecule has 0 amide bonds. The molecular weight excluding hydrogens is 733 g/mol. The van der Waals surface area contributed by atoms with Gasteiger partial charge in [0.1, 0.15) is 11.9 Å².